The fraction of sp³-hybridized carbons (Fsp3) is 1.00. The Morgan fingerprint density at radius 1 is 1.56 bits per heavy atom. The van der Waals surface area contributed by atoms with E-state index in [0.717, 1.165) is 0 Å². The van der Waals surface area contributed by atoms with Crippen molar-refractivity contribution in [3.63, 3.8) is 0 Å². The minimum absolute atomic E-state index is 1.10. The average molecular weight is 225 g/mol. The first-order chi connectivity index (χ1) is 3.92. The molecule has 0 aromatic heterocycles. The predicted octanol–water partition coefficient (Wildman–Crippen LogP) is 0.908. The van der Waals surface area contributed by atoms with Crippen LogP contribution in [0, 0.1) is 0 Å². The van der Waals surface area contributed by atoms with Crippen LogP contribution in [0.3, 0.4) is 0 Å². The van der Waals surface area contributed by atoms with Gasteiger partial charge in [0.15, 0.2) is 0 Å². The van der Waals surface area contributed by atoms with Gasteiger partial charge in [-0.15, -0.1) is 0 Å². The van der Waals surface area contributed by atoms with Crippen LogP contribution in [-0.4, -0.2) is 21.5 Å². The molecule has 0 N–H and O–H groups in total. The minimum Gasteiger partial charge on any atom is -0.256 e. The first-order valence-electron chi connectivity index (χ1n) is 1.79. The highest BCUT2D eigenvalue weighted by Crippen LogP contribution is 2.04. The lowest BCUT2D eigenvalue weighted by Crippen LogP contribution is -2.06. The van der Waals surface area contributed by atoms with E-state index in [9.17, 15) is 17.2 Å². The van der Waals surface area contributed by atoms with E-state index >= 15 is 0 Å². The van der Waals surface area contributed by atoms with Crippen molar-refractivity contribution in [1.82, 2.24) is 0 Å². The molecule has 0 fully saturated rings. The molecule has 0 aromatic carbocycles. The highest BCUT2D eigenvalue weighted by atomic mass is 79.9. The van der Waals surface area contributed by atoms with Crippen molar-refractivity contribution >= 4 is 23.4 Å². The molecule has 0 aromatic rings. The van der Waals surface area contributed by atoms with Crippen molar-refractivity contribution in [3.05, 3.63) is 0 Å². The van der Waals surface area contributed by atoms with Crippen molar-refractivity contribution in [2.75, 3.05) is 6.61 Å². The van der Waals surface area contributed by atoms with Crippen LogP contribution in [0.25, 0.3) is 0 Å². The molecule has 0 spiro atoms. The third kappa shape index (κ3) is 8.25. The normalized spacial score (nSPS) is 12.4. The summed E-state index contributed by atoms with van der Waals surface area (Å²) >= 11 is 2.02. The van der Waals surface area contributed by atoms with Crippen molar-refractivity contribution in [1.29, 1.82) is 0 Å². The molecule has 0 rings (SSSR count). The predicted molar refractivity (Wildman–Crippen MR) is 29.8 cm³/mol. The Bertz CT molecular complexity index is 165. The van der Waals surface area contributed by atoms with E-state index in [1.807, 2.05) is 14.8 Å². The van der Waals surface area contributed by atoms with Crippen LogP contribution in [0.1, 0.15) is 0 Å². The van der Waals surface area contributed by atoms with E-state index in [-0.39, 0.29) is 0 Å². The third-order valence-electron chi connectivity index (χ3n) is 0.335. The minimum atomic E-state index is -3.89. The Labute approximate surface area is 58.3 Å². The second-order valence-corrected chi connectivity index (χ2v) is 4.47. The lowest BCUT2D eigenvalue weighted by molar-refractivity contribution is 0.0868. The van der Waals surface area contributed by atoms with Gasteiger partial charge in [0.25, 0.3) is 6.43 Å². The molecular weight excluding hydrogens is 222 g/mol. The van der Waals surface area contributed by atoms with E-state index in [1.165, 1.54) is 0 Å². The molecule has 9 heavy (non-hydrogen) atoms. The summed E-state index contributed by atoms with van der Waals surface area (Å²) in [5.74, 6) is 0. The standard InChI is InChI=1S/C2H3BrF2O3S/c3-9(6,7)8-1-2(4)5/h2H,1H2. The maximum atomic E-state index is 11.2. The Hall–Kier alpha value is 0.250. The number of alkyl halides is 2. The summed E-state index contributed by atoms with van der Waals surface area (Å²) in [6.07, 6.45) is -2.77. The number of halogens is 3. The SMILES string of the molecule is O=S(=O)(Br)OCC(F)F. The summed E-state index contributed by atoms with van der Waals surface area (Å²) in [5, 5.41) is 0. The zero-order valence-electron chi connectivity index (χ0n) is 4.05. The summed E-state index contributed by atoms with van der Waals surface area (Å²) in [6.45, 7) is -1.10. The molecule has 0 saturated heterocycles. The molecule has 56 valence electrons. The molecule has 0 aliphatic carbocycles. The topological polar surface area (TPSA) is 43.4 Å². The second-order valence-electron chi connectivity index (χ2n) is 1.07. The van der Waals surface area contributed by atoms with Gasteiger partial charge in [0.05, 0.1) is 14.8 Å². The van der Waals surface area contributed by atoms with Gasteiger partial charge in [-0.05, 0) is 0 Å². The molecule has 0 amide bonds. The van der Waals surface area contributed by atoms with Crippen LogP contribution in [0.15, 0.2) is 0 Å². The van der Waals surface area contributed by atoms with Crippen molar-refractivity contribution in [2.24, 2.45) is 0 Å². The van der Waals surface area contributed by atoms with Gasteiger partial charge < -0.3 is 0 Å². The van der Waals surface area contributed by atoms with Gasteiger partial charge in [-0.3, -0.25) is 4.18 Å². The van der Waals surface area contributed by atoms with Crippen molar-refractivity contribution in [3.8, 4) is 0 Å². The van der Waals surface area contributed by atoms with E-state index < -0.39 is 21.6 Å². The van der Waals surface area contributed by atoms with Gasteiger partial charge in [-0.1, -0.05) is 0 Å². The maximum Gasteiger partial charge on any atom is 0.329 e. The Balaban J connectivity index is 3.53. The largest absolute Gasteiger partial charge is 0.329 e. The molecule has 0 heterocycles. The summed E-state index contributed by atoms with van der Waals surface area (Å²) in [7, 11) is -3.89. The summed E-state index contributed by atoms with van der Waals surface area (Å²) < 4.78 is 45.7. The van der Waals surface area contributed by atoms with E-state index in [1.54, 1.807) is 0 Å². The zero-order chi connectivity index (χ0) is 7.49. The number of hydrogen-bond acceptors (Lipinski definition) is 3. The van der Waals surface area contributed by atoms with Gasteiger partial charge in [-0.25, -0.2) is 8.78 Å². The number of hydrogen-bond donors (Lipinski definition) is 0. The summed E-state index contributed by atoms with van der Waals surface area (Å²) in [4.78, 5) is 0. The van der Waals surface area contributed by atoms with E-state index in [4.69, 9.17) is 0 Å². The van der Waals surface area contributed by atoms with E-state index in [2.05, 4.69) is 4.18 Å². The average Bonchev–Trinajstić information content (AvgIpc) is 1.59. The highest BCUT2D eigenvalue weighted by molar-refractivity contribution is 9.46. The smallest absolute Gasteiger partial charge is 0.256 e. The molecular formula is C2H3BrF2O3S. The van der Waals surface area contributed by atoms with Crippen LogP contribution in [0.5, 0.6) is 0 Å². The van der Waals surface area contributed by atoms with Gasteiger partial charge >= 0.3 is 8.55 Å². The Morgan fingerprint density at radius 3 is 2.11 bits per heavy atom. The molecule has 3 nitrogen and oxygen atoms in total. The first-order valence-corrected chi connectivity index (χ1v) is 5.04. The molecule has 0 bridgehead atoms. The number of rotatable bonds is 3. The summed E-state index contributed by atoms with van der Waals surface area (Å²) in [6, 6.07) is 0. The molecule has 0 radical (unpaired) electrons. The van der Waals surface area contributed by atoms with E-state index in [0.29, 0.717) is 0 Å². The zero-order valence-corrected chi connectivity index (χ0v) is 6.45. The molecule has 0 aliphatic heterocycles. The monoisotopic (exact) mass is 224 g/mol. The Morgan fingerprint density at radius 2 is 2.00 bits per heavy atom. The molecule has 0 aliphatic rings. The fourth-order valence-electron chi connectivity index (χ4n) is 0.133. The van der Waals surface area contributed by atoms with Crippen LogP contribution in [0.4, 0.5) is 8.78 Å². The summed E-state index contributed by atoms with van der Waals surface area (Å²) in [5.41, 5.74) is 0. The first kappa shape index (κ1) is 9.25. The quantitative estimate of drug-likeness (QED) is 0.670. The molecule has 7 heteroatoms. The van der Waals surface area contributed by atoms with Crippen LogP contribution < -0.4 is 0 Å². The lowest BCUT2D eigenvalue weighted by atomic mass is 10.8. The molecule has 0 unspecified atom stereocenters. The fourth-order valence-corrected chi connectivity index (χ4v) is 0.722. The van der Waals surface area contributed by atoms with Crippen LogP contribution >= 0.6 is 14.8 Å². The maximum absolute atomic E-state index is 11.2. The Kier molecular flexibility index (Phi) is 3.52. The second kappa shape index (κ2) is 3.43. The van der Waals surface area contributed by atoms with Gasteiger partial charge in [-0.2, -0.15) is 8.42 Å². The van der Waals surface area contributed by atoms with Gasteiger partial charge in [0.2, 0.25) is 0 Å². The van der Waals surface area contributed by atoms with Gasteiger partial charge in [0.1, 0.15) is 6.61 Å². The van der Waals surface area contributed by atoms with Crippen LogP contribution in [0.2, 0.25) is 0 Å². The van der Waals surface area contributed by atoms with Crippen molar-refractivity contribution in [2.45, 2.75) is 6.43 Å². The molecule has 0 saturated carbocycles. The molecule has 0 atom stereocenters. The lowest BCUT2D eigenvalue weighted by Gasteiger charge is -1.95. The third-order valence-corrected chi connectivity index (χ3v) is 1.31. The highest BCUT2D eigenvalue weighted by Gasteiger charge is 2.09. The van der Waals surface area contributed by atoms with Gasteiger partial charge in [0, 0.05) is 0 Å². The van der Waals surface area contributed by atoms with Crippen LogP contribution in [-0.2, 0) is 12.7 Å². The van der Waals surface area contributed by atoms with Crippen molar-refractivity contribution < 1.29 is 21.4 Å².